The van der Waals surface area contributed by atoms with Gasteiger partial charge in [-0.1, -0.05) is 5.16 Å². The van der Waals surface area contributed by atoms with Crippen molar-refractivity contribution in [2.24, 2.45) is 0 Å². The first kappa shape index (κ1) is 16.5. The fraction of sp³-hybridized carbons (Fsp3) is 0.188. The SMILES string of the molecule is Cc1cc(NC(=O)C(=O)NC[C@](O)(c2ccoc2)c2ccco2)no1. The zero-order valence-corrected chi connectivity index (χ0v) is 13.2. The Morgan fingerprint density at radius 2 is 2.12 bits per heavy atom. The summed E-state index contributed by atoms with van der Waals surface area (Å²) in [6.45, 7) is 1.35. The fourth-order valence-electron chi connectivity index (χ4n) is 2.23. The lowest BCUT2D eigenvalue weighted by atomic mass is 9.93. The van der Waals surface area contributed by atoms with E-state index in [4.69, 9.17) is 13.4 Å². The van der Waals surface area contributed by atoms with Gasteiger partial charge in [-0.2, -0.15) is 0 Å². The minimum atomic E-state index is -1.68. The molecule has 3 heterocycles. The molecule has 3 aromatic heterocycles. The molecule has 0 aromatic carbocycles. The van der Waals surface area contributed by atoms with Crippen molar-refractivity contribution < 1.29 is 28.1 Å². The van der Waals surface area contributed by atoms with Gasteiger partial charge in [0.25, 0.3) is 0 Å². The lowest BCUT2D eigenvalue weighted by Crippen LogP contribution is -2.45. The normalized spacial score (nSPS) is 13.2. The minimum absolute atomic E-state index is 0.119. The van der Waals surface area contributed by atoms with Crippen LogP contribution in [0.3, 0.4) is 0 Å². The van der Waals surface area contributed by atoms with E-state index in [1.165, 1.54) is 30.9 Å². The summed E-state index contributed by atoms with van der Waals surface area (Å²) in [6.07, 6.45) is 4.10. The highest BCUT2D eigenvalue weighted by atomic mass is 16.5. The number of carbonyl (C=O) groups is 2. The molecule has 3 N–H and O–H groups in total. The van der Waals surface area contributed by atoms with Crippen molar-refractivity contribution in [3.05, 3.63) is 60.1 Å². The van der Waals surface area contributed by atoms with Crippen LogP contribution >= 0.6 is 0 Å². The predicted molar refractivity (Wildman–Crippen MR) is 83.3 cm³/mol. The van der Waals surface area contributed by atoms with E-state index in [0.29, 0.717) is 11.3 Å². The van der Waals surface area contributed by atoms with Crippen molar-refractivity contribution in [2.75, 3.05) is 11.9 Å². The third-order valence-corrected chi connectivity index (χ3v) is 3.51. The van der Waals surface area contributed by atoms with Crippen molar-refractivity contribution >= 4 is 17.6 Å². The molecule has 2 amide bonds. The van der Waals surface area contributed by atoms with E-state index in [9.17, 15) is 14.7 Å². The number of nitrogens with zero attached hydrogens (tertiary/aromatic N) is 1. The molecule has 0 saturated carbocycles. The van der Waals surface area contributed by atoms with Crippen LogP contribution < -0.4 is 10.6 Å². The third-order valence-electron chi connectivity index (χ3n) is 3.51. The van der Waals surface area contributed by atoms with Gasteiger partial charge in [0.2, 0.25) is 0 Å². The molecule has 0 radical (unpaired) electrons. The number of rotatable bonds is 5. The highest BCUT2D eigenvalue weighted by molar-refractivity contribution is 6.39. The van der Waals surface area contributed by atoms with Crippen LogP contribution in [0.2, 0.25) is 0 Å². The third kappa shape index (κ3) is 3.45. The quantitative estimate of drug-likeness (QED) is 0.591. The summed E-state index contributed by atoms with van der Waals surface area (Å²) in [5.74, 6) is -1.09. The number of aliphatic hydroxyl groups is 1. The van der Waals surface area contributed by atoms with E-state index in [0.717, 1.165) is 0 Å². The summed E-state index contributed by atoms with van der Waals surface area (Å²) >= 11 is 0. The maximum Gasteiger partial charge on any atom is 0.314 e. The van der Waals surface area contributed by atoms with Gasteiger partial charge in [0.1, 0.15) is 11.5 Å². The molecule has 0 saturated heterocycles. The van der Waals surface area contributed by atoms with Crippen LogP contribution in [0.25, 0.3) is 0 Å². The highest BCUT2D eigenvalue weighted by Gasteiger charge is 2.36. The largest absolute Gasteiger partial charge is 0.472 e. The molecule has 0 fully saturated rings. The van der Waals surface area contributed by atoms with Crippen molar-refractivity contribution in [3.8, 4) is 0 Å². The van der Waals surface area contributed by atoms with Crippen LogP contribution in [-0.4, -0.2) is 28.6 Å². The Labute approximate surface area is 141 Å². The van der Waals surface area contributed by atoms with Crippen LogP contribution in [0.15, 0.2) is 56.4 Å². The molecule has 0 aliphatic rings. The average molecular weight is 345 g/mol. The second kappa shape index (κ2) is 6.65. The van der Waals surface area contributed by atoms with E-state index >= 15 is 0 Å². The Morgan fingerprint density at radius 3 is 2.72 bits per heavy atom. The number of carbonyl (C=O) groups excluding carboxylic acids is 2. The molecular formula is C16H15N3O6. The van der Waals surface area contributed by atoms with Crippen molar-refractivity contribution in [3.63, 3.8) is 0 Å². The number of amides is 2. The number of aryl methyl sites for hydroxylation is 1. The first-order chi connectivity index (χ1) is 12.0. The fourth-order valence-corrected chi connectivity index (χ4v) is 2.23. The molecule has 0 aliphatic heterocycles. The van der Waals surface area contributed by atoms with Crippen LogP contribution in [0.1, 0.15) is 17.1 Å². The number of anilines is 1. The lowest BCUT2D eigenvalue weighted by molar-refractivity contribution is -0.136. The molecule has 130 valence electrons. The molecule has 0 spiro atoms. The summed E-state index contributed by atoms with van der Waals surface area (Å²) in [5, 5.41) is 19.1. The summed E-state index contributed by atoms with van der Waals surface area (Å²) in [5.41, 5.74) is -1.31. The van der Waals surface area contributed by atoms with Gasteiger partial charge in [0, 0.05) is 11.6 Å². The van der Waals surface area contributed by atoms with Crippen molar-refractivity contribution in [1.82, 2.24) is 10.5 Å². The highest BCUT2D eigenvalue weighted by Crippen LogP contribution is 2.29. The van der Waals surface area contributed by atoms with Gasteiger partial charge in [0.05, 0.1) is 25.3 Å². The number of furan rings is 2. The molecule has 25 heavy (non-hydrogen) atoms. The molecule has 0 unspecified atom stereocenters. The zero-order chi connectivity index (χ0) is 17.9. The number of aromatic nitrogens is 1. The van der Waals surface area contributed by atoms with Crippen molar-refractivity contribution in [1.29, 1.82) is 0 Å². The predicted octanol–water partition coefficient (Wildman–Crippen LogP) is 1.16. The Balaban J connectivity index is 1.69. The van der Waals surface area contributed by atoms with E-state index < -0.39 is 17.4 Å². The van der Waals surface area contributed by atoms with Gasteiger partial charge in [-0.05, 0) is 25.1 Å². The van der Waals surface area contributed by atoms with Crippen LogP contribution in [0.4, 0.5) is 5.82 Å². The maximum atomic E-state index is 12.0. The Morgan fingerprint density at radius 1 is 1.28 bits per heavy atom. The molecule has 0 aliphatic carbocycles. The van der Waals surface area contributed by atoms with Crippen LogP contribution in [0.5, 0.6) is 0 Å². The summed E-state index contributed by atoms with van der Waals surface area (Å²) in [6, 6.07) is 6.15. The summed E-state index contributed by atoms with van der Waals surface area (Å²) in [7, 11) is 0. The Bertz CT molecular complexity index is 816. The number of hydrogen-bond donors (Lipinski definition) is 3. The molecule has 3 rings (SSSR count). The van der Waals surface area contributed by atoms with Gasteiger partial charge >= 0.3 is 11.8 Å². The topological polar surface area (TPSA) is 131 Å². The maximum absolute atomic E-state index is 12.0. The van der Waals surface area contributed by atoms with E-state index in [1.807, 2.05) is 0 Å². The molecule has 9 heteroatoms. The number of nitrogens with one attached hydrogen (secondary N) is 2. The molecule has 1 atom stereocenters. The molecule has 9 nitrogen and oxygen atoms in total. The van der Waals surface area contributed by atoms with E-state index in [2.05, 4.69) is 15.8 Å². The second-order valence-electron chi connectivity index (χ2n) is 5.31. The van der Waals surface area contributed by atoms with Crippen LogP contribution in [-0.2, 0) is 15.2 Å². The number of hydrogen-bond acceptors (Lipinski definition) is 7. The van der Waals surface area contributed by atoms with Gasteiger partial charge in [0.15, 0.2) is 11.4 Å². The smallest absolute Gasteiger partial charge is 0.314 e. The van der Waals surface area contributed by atoms with Crippen molar-refractivity contribution in [2.45, 2.75) is 12.5 Å². The molecule has 3 aromatic rings. The first-order valence-corrected chi connectivity index (χ1v) is 7.30. The van der Waals surface area contributed by atoms with Gasteiger partial charge in [-0.3, -0.25) is 14.9 Å². The monoisotopic (exact) mass is 345 g/mol. The average Bonchev–Trinajstić information content (AvgIpc) is 3.34. The standard InChI is InChI=1S/C16H15N3O6/c1-10-7-13(19-25-10)18-15(21)14(20)17-9-16(22,11-4-6-23-8-11)12-3-2-5-24-12/h2-8,22H,9H2,1H3,(H,17,20)(H,18,19,21)/t16-/m0/s1. The van der Waals surface area contributed by atoms with Gasteiger partial charge < -0.3 is 23.8 Å². The Kier molecular flexibility index (Phi) is 4.40. The first-order valence-electron chi connectivity index (χ1n) is 7.30. The molecule has 0 bridgehead atoms. The van der Waals surface area contributed by atoms with E-state index in [-0.39, 0.29) is 18.1 Å². The summed E-state index contributed by atoms with van der Waals surface area (Å²) < 4.78 is 15.0. The summed E-state index contributed by atoms with van der Waals surface area (Å²) in [4.78, 5) is 23.9. The molecular weight excluding hydrogens is 330 g/mol. The van der Waals surface area contributed by atoms with Gasteiger partial charge in [-0.25, -0.2) is 0 Å². The second-order valence-corrected chi connectivity index (χ2v) is 5.31. The zero-order valence-electron chi connectivity index (χ0n) is 13.2. The van der Waals surface area contributed by atoms with Crippen LogP contribution in [0, 0.1) is 6.92 Å². The Hall–Kier alpha value is -3.33. The minimum Gasteiger partial charge on any atom is -0.472 e. The van der Waals surface area contributed by atoms with Gasteiger partial charge in [-0.15, -0.1) is 0 Å². The lowest BCUT2D eigenvalue weighted by Gasteiger charge is -2.24. The van der Waals surface area contributed by atoms with E-state index in [1.54, 1.807) is 19.1 Å².